The number of oxime groups is 1. The molecule has 1 aliphatic rings. The molecule has 1 N–H and O–H groups in total. The lowest BCUT2D eigenvalue weighted by molar-refractivity contribution is 0.243. The Hall–Kier alpha value is -1.51. The van der Waals surface area contributed by atoms with Crippen molar-refractivity contribution in [3.8, 4) is 5.75 Å². The van der Waals surface area contributed by atoms with Crippen LogP contribution < -0.4 is 4.74 Å². The number of hydrogen-bond donors (Lipinski definition) is 1. The van der Waals surface area contributed by atoms with Crippen molar-refractivity contribution in [1.82, 2.24) is 0 Å². The van der Waals surface area contributed by atoms with Crippen LogP contribution in [-0.4, -0.2) is 17.5 Å². The lowest BCUT2D eigenvalue weighted by Gasteiger charge is -2.18. The van der Waals surface area contributed by atoms with Gasteiger partial charge in [-0.2, -0.15) is 0 Å². The van der Waals surface area contributed by atoms with E-state index in [9.17, 15) is 0 Å². The van der Waals surface area contributed by atoms with Crippen molar-refractivity contribution >= 4 is 5.71 Å². The summed E-state index contributed by atoms with van der Waals surface area (Å²) >= 11 is 0. The molecule has 0 unspecified atom stereocenters. The molecule has 3 heteroatoms. The minimum atomic E-state index is 0.299. The average Bonchev–Trinajstić information content (AvgIpc) is 2.69. The predicted octanol–water partition coefficient (Wildman–Crippen LogP) is 3.63. The van der Waals surface area contributed by atoms with Gasteiger partial charge in [-0.15, -0.1) is 0 Å². The molecule has 0 bridgehead atoms. The van der Waals surface area contributed by atoms with Gasteiger partial charge in [0, 0.05) is 5.56 Å². The normalized spacial score (nSPS) is 16.9. The van der Waals surface area contributed by atoms with E-state index in [4.69, 9.17) is 9.94 Å². The van der Waals surface area contributed by atoms with Crippen molar-refractivity contribution in [3.63, 3.8) is 0 Å². The third-order valence-corrected chi connectivity index (χ3v) is 3.26. The summed E-state index contributed by atoms with van der Waals surface area (Å²) in [6.07, 6.45) is 2.79. The molecule has 3 nitrogen and oxygen atoms in total. The third-order valence-electron chi connectivity index (χ3n) is 3.26. The van der Waals surface area contributed by atoms with Crippen LogP contribution >= 0.6 is 0 Å². The second-order valence-corrected chi connectivity index (χ2v) is 6.02. The van der Waals surface area contributed by atoms with Crippen molar-refractivity contribution in [2.75, 3.05) is 6.61 Å². The van der Waals surface area contributed by atoms with Crippen molar-refractivity contribution < 1.29 is 9.94 Å². The maximum atomic E-state index is 8.87. The lowest BCUT2D eigenvalue weighted by Crippen LogP contribution is -2.11. The maximum absolute atomic E-state index is 8.87. The van der Waals surface area contributed by atoms with Crippen LogP contribution in [0.4, 0.5) is 0 Å². The summed E-state index contributed by atoms with van der Waals surface area (Å²) in [5.74, 6) is 0.914. The minimum absolute atomic E-state index is 0.299. The van der Waals surface area contributed by atoms with Crippen LogP contribution in [0.5, 0.6) is 5.75 Å². The zero-order valence-electron chi connectivity index (χ0n) is 11.4. The van der Waals surface area contributed by atoms with Crippen LogP contribution in [0, 0.1) is 5.41 Å². The van der Waals surface area contributed by atoms with Gasteiger partial charge in [-0.05, 0) is 48.4 Å². The van der Waals surface area contributed by atoms with Gasteiger partial charge in [0.25, 0.3) is 0 Å². The zero-order valence-corrected chi connectivity index (χ0v) is 11.4. The Morgan fingerprint density at radius 3 is 2.72 bits per heavy atom. The van der Waals surface area contributed by atoms with Gasteiger partial charge in [-0.25, -0.2) is 0 Å². The molecule has 98 valence electrons. The van der Waals surface area contributed by atoms with E-state index in [1.165, 1.54) is 5.56 Å². The van der Waals surface area contributed by atoms with Gasteiger partial charge in [0.2, 0.25) is 0 Å². The molecule has 0 heterocycles. The van der Waals surface area contributed by atoms with Gasteiger partial charge in [-0.1, -0.05) is 25.9 Å². The van der Waals surface area contributed by atoms with E-state index in [0.717, 1.165) is 42.9 Å². The molecular weight excluding hydrogens is 226 g/mol. The van der Waals surface area contributed by atoms with Crippen LogP contribution in [0.2, 0.25) is 0 Å². The summed E-state index contributed by atoms with van der Waals surface area (Å²) in [6, 6.07) is 6.01. The summed E-state index contributed by atoms with van der Waals surface area (Å²) in [5, 5.41) is 12.2. The largest absolute Gasteiger partial charge is 0.494 e. The third kappa shape index (κ3) is 3.03. The van der Waals surface area contributed by atoms with Crippen LogP contribution in [0.1, 0.15) is 44.7 Å². The molecule has 18 heavy (non-hydrogen) atoms. The molecule has 0 aliphatic heterocycles. The fraction of sp³-hybridized carbons (Fsp3) is 0.533. The summed E-state index contributed by atoms with van der Waals surface area (Å²) in [4.78, 5) is 0. The van der Waals surface area contributed by atoms with Crippen molar-refractivity contribution in [3.05, 3.63) is 29.3 Å². The van der Waals surface area contributed by atoms with Gasteiger partial charge in [0.15, 0.2) is 0 Å². The Labute approximate surface area is 108 Å². The number of hydrogen-bond acceptors (Lipinski definition) is 3. The van der Waals surface area contributed by atoms with E-state index in [0.29, 0.717) is 5.41 Å². The molecular formula is C15H21NO2. The molecule has 1 aliphatic carbocycles. The predicted molar refractivity (Wildman–Crippen MR) is 72.7 cm³/mol. The van der Waals surface area contributed by atoms with Crippen molar-refractivity contribution in [2.45, 2.75) is 40.0 Å². The summed E-state index contributed by atoms with van der Waals surface area (Å²) in [6.45, 7) is 7.37. The van der Waals surface area contributed by atoms with Gasteiger partial charge < -0.3 is 9.94 Å². The average molecular weight is 247 g/mol. The Morgan fingerprint density at radius 1 is 1.28 bits per heavy atom. The smallest absolute Gasteiger partial charge is 0.119 e. The highest BCUT2D eigenvalue weighted by Crippen LogP contribution is 2.27. The van der Waals surface area contributed by atoms with Crippen molar-refractivity contribution in [2.24, 2.45) is 10.6 Å². The summed E-state index contributed by atoms with van der Waals surface area (Å²) < 4.78 is 5.77. The van der Waals surface area contributed by atoms with Crippen LogP contribution in [0.3, 0.4) is 0 Å². The van der Waals surface area contributed by atoms with Crippen LogP contribution in [0.25, 0.3) is 0 Å². The Kier molecular flexibility index (Phi) is 3.60. The van der Waals surface area contributed by atoms with Gasteiger partial charge in [0.1, 0.15) is 5.75 Å². The van der Waals surface area contributed by atoms with Gasteiger partial charge in [-0.3, -0.25) is 0 Å². The Bertz CT molecular complexity index is 458. The van der Waals surface area contributed by atoms with E-state index in [2.05, 4.69) is 32.0 Å². The quantitative estimate of drug-likeness (QED) is 0.654. The topological polar surface area (TPSA) is 41.8 Å². The molecule has 0 amide bonds. The highest BCUT2D eigenvalue weighted by atomic mass is 16.5. The highest BCUT2D eigenvalue weighted by Gasteiger charge is 2.18. The minimum Gasteiger partial charge on any atom is -0.494 e. The van der Waals surface area contributed by atoms with Crippen LogP contribution in [-0.2, 0) is 6.42 Å². The molecule has 0 atom stereocenters. The van der Waals surface area contributed by atoms with Gasteiger partial charge >= 0.3 is 0 Å². The zero-order chi connectivity index (χ0) is 13.2. The first kappa shape index (κ1) is 12.9. The second-order valence-electron chi connectivity index (χ2n) is 6.02. The first-order chi connectivity index (χ1) is 8.49. The van der Waals surface area contributed by atoms with E-state index in [1.807, 2.05) is 12.1 Å². The fourth-order valence-corrected chi connectivity index (χ4v) is 2.11. The standard InChI is InChI=1S/C15H21NO2/c1-15(2,3)8-9-18-12-5-6-13-11(10-12)4-7-14(13)16-17/h5-6,10,17H,4,7-9H2,1-3H3/b16-14+. The maximum Gasteiger partial charge on any atom is 0.119 e. The molecule has 1 aromatic rings. The fourth-order valence-electron chi connectivity index (χ4n) is 2.11. The molecule has 2 rings (SSSR count). The number of ether oxygens (including phenoxy) is 1. The van der Waals surface area contributed by atoms with E-state index < -0.39 is 0 Å². The molecule has 0 radical (unpaired) electrons. The van der Waals surface area contributed by atoms with Crippen molar-refractivity contribution in [1.29, 1.82) is 0 Å². The van der Waals surface area contributed by atoms with E-state index >= 15 is 0 Å². The Balaban J connectivity index is 2.01. The number of aryl methyl sites for hydroxylation is 1. The molecule has 0 spiro atoms. The number of fused-ring (bicyclic) bond motifs is 1. The molecule has 1 aromatic carbocycles. The first-order valence-electron chi connectivity index (χ1n) is 6.47. The number of nitrogens with zero attached hydrogens (tertiary/aromatic N) is 1. The molecule has 0 aromatic heterocycles. The lowest BCUT2D eigenvalue weighted by atomic mass is 9.93. The Morgan fingerprint density at radius 2 is 2.06 bits per heavy atom. The van der Waals surface area contributed by atoms with E-state index in [-0.39, 0.29) is 0 Å². The summed E-state index contributed by atoms with van der Waals surface area (Å²) in [5.41, 5.74) is 3.36. The first-order valence-corrected chi connectivity index (χ1v) is 6.47. The van der Waals surface area contributed by atoms with Gasteiger partial charge in [0.05, 0.1) is 12.3 Å². The second kappa shape index (κ2) is 5.01. The summed E-state index contributed by atoms with van der Waals surface area (Å²) in [7, 11) is 0. The van der Waals surface area contributed by atoms with Crippen LogP contribution in [0.15, 0.2) is 23.4 Å². The highest BCUT2D eigenvalue weighted by molar-refractivity contribution is 6.04. The van der Waals surface area contributed by atoms with E-state index in [1.54, 1.807) is 0 Å². The molecule has 0 fully saturated rings. The molecule has 0 saturated carbocycles. The monoisotopic (exact) mass is 247 g/mol. The SMILES string of the molecule is CC(C)(C)CCOc1ccc2c(c1)CC/C2=N\O. The molecule has 0 saturated heterocycles. The number of rotatable bonds is 3. The number of benzene rings is 1.